The first kappa shape index (κ1) is 17.4. The summed E-state index contributed by atoms with van der Waals surface area (Å²) in [5, 5.41) is 5.97. The molecule has 0 aliphatic rings. The zero-order valence-electron chi connectivity index (χ0n) is 13.9. The van der Waals surface area contributed by atoms with Gasteiger partial charge in [-0.1, -0.05) is 13.8 Å². The number of anilines is 1. The first-order chi connectivity index (χ1) is 9.85. The normalized spacial score (nSPS) is 12.6. The van der Waals surface area contributed by atoms with Crippen molar-refractivity contribution in [3.8, 4) is 0 Å². The average Bonchev–Trinajstić information content (AvgIpc) is 2.44. The summed E-state index contributed by atoms with van der Waals surface area (Å²) in [6, 6.07) is 0.0991. The van der Waals surface area contributed by atoms with Gasteiger partial charge < -0.3 is 15.5 Å². The minimum absolute atomic E-state index is 0.0991. The molecule has 0 saturated carbocycles. The summed E-state index contributed by atoms with van der Waals surface area (Å²) < 4.78 is 0. The lowest BCUT2D eigenvalue weighted by molar-refractivity contribution is 0.0932. The highest BCUT2D eigenvalue weighted by atomic mass is 16.2. The second-order valence-corrected chi connectivity index (χ2v) is 5.86. The summed E-state index contributed by atoms with van der Waals surface area (Å²) in [6.45, 7) is 6.96. The number of hydrogen-bond acceptors (Lipinski definition) is 5. The lowest BCUT2D eigenvalue weighted by Gasteiger charge is -2.17. The fraction of sp³-hybridized carbons (Fsp3) is 0.667. The van der Waals surface area contributed by atoms with Crippen LogP contribution in [0.15, 0.2) is 6.20 Å². The van der Waals surface area contributed by atoms with Crippen LogP contribution in [0.25, 0.3) is 0 Å². The fourth-order valence-electron chi connectivity index (χ4n) is 1.85. The minimum atomic E-state index is -0.157. The molecule has 1 unspecified atom stereocenters. The van der Waals surface area contributed by atoms with Crippen LogP contribution in [0.5, 0.6) is 0 Å². The van der Waals surface area contributed by atoms with Gasteiger partial charge in [-0.3, -0.25) is 4.79 Å². The highest BCUT2D eigenvalue weighted by molar-refractivity contribution is 5.97. The molecule has 1 aromatic rings. The van der Waals surface area contributed by atoms with Gasteiger partial charge in [-0.25, -0.2) is 9.97 Å². The summed E-state index contributed by atoms with van der Waals surface area (Å²) in [6.07, 6.45) is 2.57. The van der Waals surface area contributed by atoms with E-state index < -0.39 is 0 Å². The third-order valence-electron chi connectivity index (χ3n) is 3.20. The third-order valence-corrected chi connectivity index (χ3v) is 3.20. The Morgan fingerprint density at radius 3 is 2.52 bits per heavy atom. The van der Waals surface area contributed by atoms with E-state index >= 15 is 0 Å². The summed E-state index contributed by atoms with van der Waals surface area (Å²) >= 11 is 0. The Morgan fingerprint density at radius 1 is 1.33 bits per heavy atom. The van der Waals surface area contributed by atoms with Crippen LogP contribution in [-0.2, 0) is 0 Å². The smallest absolute Gasteiger partial charge is 0.272 e. The summed E-state index contributed by atoms with van der Waals surface area (Å²) in [5.74, 6) is 0.712. The summed E-state index contributed by atoms with van der Waals surface area (Å²) in [4.78, 5) is 23.2. The molecule has 0 aromatic carbocycles. The monoisotopic (exact) mass is 293 g/mol. The van der Waals surface area contributed by atoms with E-state index in [0.717, 1.165) is 13.0 Å². The Morgan fingerprint density at radius 2 is 2.00 bits per heavy atom. The molecule has 0 radical (unpaired) electrons. The van der Waals surface area contributed by atoms with Gasteiger partial charge in [0, 0.05) is 19.0 Å². The zero-order valence-corrected chi connectivity index (χ0v) is 13.9. The van der Waals surface area contributed by atoms with E-state index in [1.807, 2.05) is 34.9 Å². The van der Waals surface area contributed by atoms with E-state index in [4.69, 9.17) is 0 Å². The van der Waals surface area contributed by atoms with Crippen LogP contribution in [0, 0.1) is 0 Å². The Balaban J connectivity index is 2.82. The Labute approximate surface area is 127 Å². The number of aromatic nitrogens is 2. The summed E-state index contributed by atoms with van der Waals surface area (Å²) in [5.41, 5.74) is 1.06. The van der Waals surface area contributed by atoms with Crippen molar-refractivity contribution in [2.24, 2.45) is 0 Å². The van der Waals surface area contributed by atoms with Gasteiger partial charge in [0.05, 0.1) is 11.9 Å². The number of nitrogens with one attached hydrogen (secondary N) is 2. The molecule has 118 valence electrons. The van der Waals surface area contributed by atoms with Crippen LogP contribution in [0.1, 0.15) is 49.4 Å². The molecule has 0 spiro atoms. The number of rotatable bonds is 7. The topological polar surface area (TPSA) is 70.1 Å². The molecule has 0 fully saturated rings. The van der Waals surface area contributed by atoms with Crippen LogP contribution in [0.2, 0.25) is 0 Å². The Hall–Kier alpha value is -1.69. The highest BCUT2D eigenvalue weighted by Gasteiger charge is 2.17. The molecule has 6 nitrogen and oxygen atoms in total. The van der Waals surface area contributed by atoms with Gasteiger partial charge >= 0.3 is 0 Å². The molecule has 1 atom stereocenters. The number of carbonyl (C=O) groups is 1. The lowest BCUT2D eigenvalue weighted by Crippen LogP contribution is -2.35. The van der Waals surface area contributed by atoms with E-state index in [0.29, 0.717) is 17.2 Å². The fourth-order valence-corrected chi connectivity index (χ4v) is 1.85. The van der Waals surface area contributed by atoms with Crippen molar-refractivity contribution < 1.29 is 4.79 Å². The average molecular weight is 293 g/mol. The molecule has 1 rings (SSSR count). The molecule has 0 aliphatic heterocycles. The van der Waals surface area contributed by atoms with E-state index in [2.05, 4.69) is 25.5 Å². The zero-order chi connectivity index (χ0) is 16.0. The van der Waals surface area contributed by atoms with E-state index in [1.165, 1.54) is 0 Å². The quantitative estimate of drug-likeness (QED) is 0.801. The van der Waals surface area contributed by atoms with Gasteiger partial charge in [0.15, 0.2) is 5.69 Å². The van der Waals surface area contributed by atoms with Crippen molar-refractivity contribution in [2.45, 2.75) is 39.2 Å². The molecule has 1 heterocycles. The molecule has 0 bridgehead atoms. The molecule has 0 aliphatic carbocycles. The van der Waals surface area contributed by atoms with Gasteiger partial charge in [0.1, 0.15) is 5.82 Å². The van der Waals surface area contributed by atoms with Crippen LogP contribution < -0.4 is 10.6 Å². The molecule has 6 heteroatoms. The molecule has 1 aromatic heterocycles. The van der Waals surface area contributed by atoms with Crippen molar-refractivity contribution >= 4 is 11.6 Å². The maximum Gasteiger partial charge on any atom is 0.272 e. The van der Waals surface area contributed by atoms with Crippen molar-refractivity contribution in [3.63, 3.8) is 0 Å². The molecule has 2 N–H and O–H groups in total. The van der Waals surface area contributed by atoms with E-state index in [9.17, 15) is 4.79 Å². The summed E-state index contributed by atoms with van der Waals surface area (Å²) in [7, 11) is 5.81. The second kappa shape index (κ2) is 7.93. The molecular formula is C15H27N5O. The van der Waals surface area contributed by atoms with Crippen LogP contribution in [0.4, 0.5) is 5.69 Å². The minimum Gasteiger partial charge on any atom is -0.385 e. The van der Waals surface area contributed by atoms with Crippen molar-refractivity contribution in [1.82, 2.24) is 20.2 Å². The number of hydrogen-bond donors (Lipinski definition) is 2. The number of carbonyl (C=O) groups excluding carboxylic acids is 1. The predicted molar refractivity (Wildman–Crippen MR) is 85.8 cm³/mol. The van der Waals surface area contributed by atoms with Crippen LogP contribution in [-0.4, -0.2) is 54.5 Å². The first-order valence-corrected chi connectivity index (χ1v) is 7.35. The third kappa shape index (κ3) is 5.30. The maximum atomic E-state index is 12.4. The maximum absolute atomic E-state index is 12.4. The van der Waals surface area contributed by atoms with Gasteiger partial charge in [0.2, 0.25) is 0 Å². The molecule has 1 amide bonds. The standard InChI is InChI=1S/C15H27N5O/c1-10(2)14-17-9-12(16-4)13(19-14)15(21)18-11(3)7-8-20(5)6/h9-11,16H,7-8H2,1-6H3,(H,18,21). The largest absolute Gasteiger partial charge is 0.385 e. The predicted octanol–water partition coefficient (Wildman–Crippen LogP) is 1.71. The van der Waals surface area contributed by atoms with Gasteiger partial charge in [-0.05, 0) is 34.0 Å². The molecule has 21 heavy (non-hydrogen) atoms. The molecular weight excluding hydrogens is 266 g/mol. The molecule has 0 saturated heterocycles. The number of nitrogens with zero attached hydrogens (tertiary/aromatic N) is 3. The van der Waals surface area contributed by atoms with Gasteiger partial charge in [0.25, 0.3) is 5.91 Å². The highest BCUT2D eigenvalue weighted by Crippen LogP contribution is 2.16. The number of amides is 1. The van der Waals surface area contributed by atoms with E-state index in [-0.39, 0.29) is 17.9 Å². The Bertz CT molecular complexity index is 473. The van der Waals surface area contributed by atoms with Crippen molar-refractivity contribution in [1.29, 1.82) is 0 Å². The van der Waals surface area contributed by atoms with Gasteiger partial charge in [-0.15, -0.1) is 0 Å². The van der Waals surface area contributed by atoms with Crippen LogP contribution in [0.3, 0.4) is 0 Å². The lowest BCUT2D eigenvalue weighted by atomic mass is 10.2. The first-order valence-electron chi connectivity index (χ1n) is 7.35. The van der Waals surface area contributed by atoms with Gasteiger partial charge in [-0.2, -0.15) is 0 Å². The Kier molecular flexibility index (Phi) is 6.55. The second-order valence-electron chi connectivity index (χ2n) is 5.86. The van der Waals surface area contributed by atoms with Crippen molar-refractivity contribution in [2.75, 3.05) is 33.0 Å². The van der Waals surface area contributed by atoms with E-state index in [1.54, 1.807) is 13.2 Å². The van der Waals surface area contributed by atoms with Crippen LogP contribution >= 0.6 is 0 Å². The SMILES string of the molecule is CNc1cnc(C(C)C)nc1C(=O)NC(C)CCN(C)C. The van der Waals surface area contributed by atoms with Crippen molar-refractivity contribution in [3.05, 3.63) is 17.7 Å².